The van der Waals surface area contributed by atoms with Gasteiger partial charge in [-0.2, -0.15) is 0 Å². The van der Waals surface area contributed by atoms with Crippen molar-refractivity contribution in [1.82, 2.24) is 19.6 Å². The van der Waals surface area contributed by atoms with Crippen molar-refractivity contribution in [1.29, 1.82) is 0 Å². The highest BCUT2D eigenvalue weighted by molar-refractivity contribution is 7.99. The number of fused-ring (bicyclic) bond motifs is 2. The van der Waals surface area contributed by atoms with Gasteiger partial charge in [0.1, 0.15) is 40.1 Å². The van der Waals surface area contributed by atoms with Crippen LogP contribution in [-0.2, 0) is 11.3 Å². The van der Waals surface area contributed by atoms with Gasteiger partial charge in [0, 0.05) is 36.4 Å². The van der Waals surface area contributed by atoms with Crippen LogP contribution in [0.5, 0.6) is 17.2 Å². The lowest BCUT2D eigenvalue weighted by Crippen LogP contribution is -2.19. The maximum absolute atomic E-state index is 6.19. The highest BCUT2D eigenvalue weighted by Crippen LogP contribution is 2.38. The predicted octanol–water partition coefficient (Wildman–Crippen LogP) is 4.99. The van der Waals surface area contributed by atoms with Crippen molar-refractivity contribution in [2.24, 2.45) is 0 Å². The molecule has 1 N–H and O–H groups in total. The van der Waals surface area contributed by atoms with E-state index in [2.05, 4.69) is 15.4 Å². The second-order valence-electron chi connectivity index (χ2n) is 7.79. The van der Waals surface area contributed by atoms with Crippen LogP contribution in [0.3, 0.4) is 0 Å². The topological polar surface area (TPSA) is 106 Å². The maximum Gasteiger partial charge on any atom is 0.196 e. The number of aromatic nitrogens is 4. The molecule has 12 heteroatoms. The van der Waals surface area contributed by atoms with Crippen LogP contribution in [0.1, 0.15) is 5.69 Å². The van der Waals surface area contributed by atoms with Crippen molar-refractivity contribution in [3.05, 3.63) is 53.9 Å². The molecule has 0 amide bonds. The van der Waals surface area contributed by atoms with Gasteiger partial charge in [-0.05, 0) is 23.9 Å². The standard InChI is InChI=1S/C24H21N5O5S2/c1-30-15-5-19(33-11-14-12-35-22(26-14)13-4-16(31-2)9-25-8-13)17-7-21(34-20(17)6-15)18-10-29-23(27-18)36-24(28-29)32-3/h4-10,12,24,28H,11H2,1-3H3. The first-order chi connectivity index (χ1) is 17.6. The van der Waals surface area contributed by atoms with Gasteiger partial charge < -0.3 is 23.4 Å². The average molecular weight is 524 g/mol. The predicted molar refractivity (Wildman–Crippen MR) is 136 cm³/mol. The van der Waals surface area contributed by atoms with Crippen molar-refractivity contribution in [2.45, 2.75) is 17.3 Å². The van der Waals surface area contributed by atoms with Gasteiger partial charge in [-0.25, -0.2) is 14.6 Å². The van der Waals surface area contributed by atoms with Crippen LogP contribution in [0.4, 0.5) is 0 Å². The lowest BCUT2D eigenvalue weighted by atomic mass is 10.2. The number of pyridine rings is 1. The third-order valence-electron chi connectivity index (χ3n) is 5.53. The summed E-state index contributed by atoms with van der Waals surface area (Å²) >= 11 is 3.02. The molecule has 0 aliphatic carbocycles. The summed E-state index contributed by atoms with van der Waals surface area (Å²) in [5, 5.41) is 4.44. The van der Waals surface area contributed by atoms with Crippen LogP contribution in [0.25, 0.3) is 33.0 Å². The van der Waals surface area contributed by atoms with Crippen molar-refractivity contribution in [2.75, 3.05) is 26.8 Å². The molecule has 36 heavy (non-hydrogen) atoms. The summed E-state index contributed by atoms with van der Waals surface area (Å²) in [6, 6.07) is 7.51. The Labute approximate surface area is 214 Å². The first-order valence-corrected chi connectivity index (χ1v) is 12.6. The number of thioether (sulfide) groups is 1. The Morgan fingerprint density at radius 2 is 1.94 bits per heavy atom. The molecule has 0 radical (unpaired) electrons. The Kier molecular flexibility index (Phi) is 5.91. The van der Waals surface area contributed by atoms with Crippen LogP contribution in [0, 0.1) is 0 Å². The lowest BCUT2D eigenvalue weighted by Gasteiger charge is -2.08. The molecule has 1 unspecified atom stereocenters. The normalized spacial score (nSPS) is 14.6. The minimum Gasteiger partial charge on any atom is -0.496 e. The van der Waals surface area contributed by atoms with E-state index in [0.29, 0.717) is 34.3 Å². The van der Waals surface area contributed by atoms with E-state index in [1.54, 1.807) is 33.7 Å². The van der Waals surface area contributed by atoms with E-state index in [1.165, 1.54) is 23.1 Å². The molecule has 4 aromatic heterocycles. The van der Waals surface area contributed by atoms with E-state index < -0.39 is 0 Å². The first kappa shape index (κ1) is 22.7. The molecular weight excluding hydrogens is 502 g/mol. The fourth-order valence-electron chi connectivity index (χ4n) is 3.75. The molecule has 5 heterocycles. The molecule has 1 aromatic carbocycles. The van der Waals surface area contributed by atoms with E-state index in [0.717, 1.165) is 26.8 Å². The molecule has 0 saturated heterocycles. The molecule has 0 saturated carbocycles. The van der Waals surface area contributed by atoms with Gasteiger partial charge in [0.2, 0.25) is 0 Å². The lowest BCUT2D eigenvalue weighted by molar-refractivity contribution is 0.187. The Bertz CT molecular complexity index is 1520. The number of furan rings is 1. The molecule has 1 atom stereocenters. The van der Waals surface area contributed by atoms with Gasteiger partial charge in [-0.3, -0.25) is 10.4 Å². The summed E-state index contributed by atoms with van der Waals surface area (Å²) in [5.41, 5.74) is 6.08. The minimum absolute atomic E-state index is 0.159. The summed E-state index contributed by atoms with van der Waals surface area (Å²) in [4.78, 5) is 13.6. The number of thiazole rings is 1. The summed E-state index contributed by atoms with van der Waals surface area (Å²) < 4.78 is 30.2. The molecule has 184 valence electrons. The number of benzene rings is 1. The smallest absolute Gasteiger partial charge is 0.196 e. The summed E-state index contributed by atoms with van der Waals surface area (Å²) in [7, 11) is 4.87. The summed E-state index contributed by atoms with van der Waals surface area (Å²) in [6.45, 7) is 0.286. The van der Waals surface area contributed by atoms with E-state index in [4.69, 9.17) is 28.3 Å². The third-order valence-corrected chi connectivity index (χ3v) is 7.48. The zero-order chi connectivity index (χ0) is 24.6. The fourth-order valence-corrected chi connectivity index (χ4v) is 5.36. The number of nitrogens with zero attached hydrogens (tertiary/aromatic N) is 4. The van der Waals surface area contributed by atoms with Gasteiger partial charge in [0.05, 0.1) is 37.7 Å². The van der Waals surface area contributed by atoms with Crippen LogP contribution >= 0.6 is 23.1 Å². The van der Waals surface area contributed by atoms with Gasteiger partial charge in [-0.15, -0.1) is 11.3 Å². The monoisotopic (exact) mass is 523 g/mol. The van der Waals surface area contributed by atoms with Crippen molar-refractivity contribution >= 4 is 34.1 Å². The van der Waals surface area contributed by atoms with Crippen LogP contribution in [0.15, 0.2) is 57.8 Å². The largest absolute Gasteiger partial charge is 0.496 e. The molecule has 0 fully saturated rings. The highest BCUT2D eigenvalue weighted by atomic mass is 32.2. The van der Waals surface area contributed by atoms with Crippen molar-refractivity contribution in [3.63, 3.8) is 0 Å². The number of hydrogen-bond acceptors (Lipinski definition) is 11. The molecule has 1 aliphatic rings. The highest BCUT2D eigenvalue weighted by Gasteiger charge is 2.25. The molecule has 1 aliphatic heterocycles. The molecular formula is C24H21N5O5S2. The van der Waals surface area contributed by atoms with Gasteiger partial charge >= 0.3 is 0 Å². The average Bonchev–Trinajstić information content (AvgIpc) is 3.69. The third kappa shape index (κ3) is 4.23. The molecule has 0 spiro atoms. The van der Waals surface area contributed by atoms with Gasteiger partial charge in [0.25, 0.3) is 0 Å². The van der Waals surface area contributed by atoms with E-state index in [9.17, 15) is 0 Å². The number of ether oxygens (including phenoxy) is 4. The Morgan fingerprint density at radius 3 is 2.75 bits per heavy atom. The van der Waals surface area contributed by atoms with Crippen LogP contribution in [-0.4, -0.2) is 46.5 Å². The first-order valence-electron chi connectivity index (χ1n) is 10.9. The molecule has 0 bridgehead atoms. The maximum atomic E-state index is 6.19. The Morgan fingerprint density at radius 1 is 1.06 bits per heavy atom. The summed E-state index contributed by atoms with van der Waals surface area (Å²) in [5.74, 6) is 2.58. The Balaban J connectivity index is 1.25. The van der Waals surface area contributed by atoms with E-state index in [-0.39, 0.29) is 12.2 Å². The van der Waals surface area contributed by atoms with Crippen LogP contribution in [0.2, 0.25) is 0 Å². The number of nitrogens with one attached hydrogen (secondary N) is 1. The van der Waals surface area contributed by atoms with Crippen molar-refractivity contribution in [3.8, 4) is 39.3 Å². The zero-order valence-corrected chi connectivity index (χ0v) is 21.2. The molecule has 6 rings (SSSR count). The quantitative estimate of drug-likeness (QED) is 0.299. The van der Waals surface area contributed by atoms with E-state index >= 15 is 0 Å². The zero-order valence-electron chi connectivity index (χ0n) is 19.5. The van der Waals surface area contributed by atoms with Gasteiger partial charge in [-0.1, -0.05) is 0 Å². The second-order valence-corrected chi connectivity index (χ2v) is 9.67. The minimum atomic E-state index is -0.159. The number of imidazole rings is 1. The number of hydrogen-bond donors (Lipinski definition) is 1. The SMILES string of the molecule is COc1cncc(-c2nc(COc3cc(OC)cc4oc(-c5cn6c(n5)SC(OC)N6)cc34)cs2)c1. The summed E-state index contributed by atoms with van der Waals surface area (Å²) in [6.07, 6.45) is 5.30. The van der Waals surface area contributed by atoms with Gasteiger partial charge in [0.15, 0.2) is 16.5 Å². The molecule has 10 nitrogen and oxygen atoms in total. The fraction of sp³-hybridized carbons (Fsp3) is 0.208. The molecule has 5 aromatic rings. The van der Waals surface area contributed by atoms with Crippen LogP contribution < -0.4 is 19.6 Å². The van der Waals surface area contributed by atoms with Crippen molar-refractivity contribution < 1.29 is 23.4 Å². The van der Waals surface area contributed by atoms with E-state index in [1.807, 2.05) is 40.5 Å². The number of methoxy groups -OCH3 is 3. The Hall–Kier alpha value is -3.74. The second kappa shape index (κ2) is 9.37. The number of rotatable bonds is 8.